The Morgan fingerprint density at radius 2 is 1.80 bits per heavy atom. The molecule has 0 saturated carbocycles. The van der Waals surface area contributed by atoms with Gasteiger partial charge in [-0.15, -0.1) is 0 Å². The third-order valence-electron chi connectivity index (χ3n) is 4.33. The normalized spacial score (nSPS) is 11.2. The maximum absolute atomic E-state index is 12.8. The third kappa shape index (κ3) is 3.45. The van der Waals surface area contributed by atoms with E-state index in [-0.39, 0.29) is 21.8 Å². The Balaban J connectivity index is 1.76. The highest BCUT2D eigenvalue weighted by atomic mass is 32.2. The van der Waals surface area contributed by atoms with Crippen molar-refractivity contribution in [3.63, 3.8) is 0 Å². The Morgan fingerprint density at radius 1 is 1.07 bits per heavy atom. The SMILES string of the molecule is N#Cc1cnn(-c2ccc3ccccc3n2)c1NS(=O)(=O)c1ccc(C(=O)O)cc1. The molecule has 0 bridgehead atoms. The molecule has 2 aromatic carbocycles. The van der Waals surface area contributed by atoms with Crippen molar-refractivity contribution in [3.05, 3.63) is 78.0 Å². The highest BCUT2D eigenvalue weighted by Gasteiger charge is 2.22. The lowest BCUT2D eigenvalue weighted by molar-refractivity contribution is 0.0696. The van der Waals surface area contributed by atoms with Crippen molar-refractivity contribution in [2.24, 2.45) is 0 Å². The van der Waals surface area contributed by atoms with Gasteiger partial charge < -0.3 is 5.11 Å². The molecule has 0 unspecified atom stereocenters. The minimum absolute atomic E-state index is 0.00990. The second kappa shape index (κ2) is 7.31. The largest absolute Gasteiger partial charge is 0.478 e. The minimum Gasteiger partial charge on any atom is -0.478 e. The number of pyridine rings is 1. The number of anilines is 1. The quantitative estimate of drug-likeness (QED) is 0.507. The molecule has 2 heterocycles. The lowest BCUT2D eigenvalue weighted by Crippen LogP contribution is -2.17. The van der Waals surface area contributed by atoms with Crippen LogP contribution in [-0.2, 0) is 10.0 Å². The van der Waals surface area contributed by atoms with E-state index in [4.69, 9.17) is 5.11 Å². The number of nitrogens with one attached hydrogen (secondary N) is 1. The number of carboxylic acids is 1. The van der Waals surface area contributed by atoms with Crippen LogP contribution in [0.25, 0.3) is 16.7 Å². The number of para-hydroxylation sites is 1. The highest BCUT2D eigenvalue weighted by Crippen LogP contribution is 2.24. The molecule has 0 fully saturated rings. The van der Waals surface area contributed by atoms with Crippen molar-refractivity contribution in [3.8, 4) is 11.9 Å². The molecular weight excluding hydrogens is 406 g/mol. The number of nitrogens with zero attached hydrogens (tertiary/aromatic N) is 4. The smallest absolute Gasteiger partial charge is 0.335 e. The maximum Gasteiger partial charge on any atom is 0.335 e. The van der Waals surface area contributed by atoms with Crippen LogP contribution in [0.2, 0.25) is 0 Å². The van der Waals surface area contributed by atoms with Crippen LogP contribution in [0.15, 0.2) is 71.8 Å². The van der Waals surface area contributed by atoms with Gasteiger partial charge in [-0.25, -0.2) is 18.2 Å². The van der Waals surface area contributed by atoms with Crippen molar-refractivity contribution >= 4 is 32.7 Å². The highest BCUT2D eigenvalue weighted by molar-refractivity contribution is 7.92. The van der Waals surface area contributed by atoms with Gasteiger partial charge in [0.1, 0.15) is 11.6 Å². The Kier molecular flexibility index (Phi) is 4.65. The van der Waals surface area contributed by atoms with Gasteiger partial charge in [-0.1, -0.05) is 18.2 Å². The van der Waals surface area contributed by atoms with Crippen LogP contribution in [0.4, 0.5) is 5.82 Å². The number of carboxylic acid groups (broad SMARTS) is 1. The van der Waals surface area contributed by atoms with Crippen molar-refractivity contribution in [1.82, 2.24) is 14.8 Å². The van der Waals surface area contributed by atoms with Crippen LogP contribution in [0, 0.1) is 11.3 Å². The Hall–Kier alpha value is -4.23. The number of aromatic nitrogens is 3. The molecule has 2 aromatic heterocycles. The maximum atomic E-state index is 12.8. The molecule has 0 aliphatic heterocycles. The standard InChI is InChI=1S/C20H13N5O4S/c21-11-15-12-22-25(18-10-7-13-3-1-2-4-17(13)23-18)19(15)24-30(28,29)16-8-5-14(6-9-16)20(26)27/h1-10,12,24H,(H,26,27). The minimum atomic E-state index is -4.11. The molecule has 0 radical (unpaired) electrons. The molecular formula is C20H13N5O4S. The molecule has 9 nitrogen and oxygen atoms in total. The fourth-order valence-corrected chi connectivity index (χ4v) is 3.90. The van der Waals surface area contributed by atoms with Gasteiger partial charge in [-0.05, 0) is 42.5 Å². The molecule has 10 heteroatoms. The second-order valence-electron chi connectivity index (χ2n) is 6.23. The molecule has 0 amide bonds. The summed E-state index contributed by atoms with van der Waals surface area (Å²) in [6.45, 7) is 0. The number of fused-ring (bicyclic) bond motifs is 1. The molecule has 0 spiro atoms. The molecule has 0 atom stereocenters. The van der Waals surface area contributed by atoms with Crippen molar-refractivity contribution in [2.45, 2.75) is 4.90 Å². The van der Waals surface area contributed by atoms with Crippen LogP contribution < -0.4 is 4.72 Å². The predicted molar refractivity (Wildman–Crippen MR) is 108 cm³/mol. The van der Waals surface area contributed by atoms with Crippen LogP contribution in [0.1, 0.15) is 15.9 Å². The first-order valence-corrected chi connectivity index (χ1v) is 10.1. The summed E-state index contributed by atoms with van der Waals surface area (Å²) in [4.78, 5) is 15.3. The van der Waals surface area contributed by atoms with Crippen LogP contribution in [0.5, 0.6) is 0 Å². The van der Waals surface area contributed by atoms with E-state index in [1.807, 2.05) is 30.3 Å². The summed E-state index contributed by atoms with van der Waals surface area (Å²) in [5.41, 5.74) is 0.648. The monoisotopic (exact) mass is 419 g/mol. The summed E-state index contributed by atoms with van der Waals surface area (Å²) in [7, 11) is -4.11. The van der Waals surface area contributed by atoms with E-state index in [1.54, 1.807) is 12.1 Å². The predicted octanol–water partition coefficient (Wildman–Crippen LogP) is 2.79. The molecule has 148 valence electrons. The van der Waals surface area contributed by atoms with E-state index >= 15 is 0 Å². The van der Waals surface area contributed by atoms with Gasteiger partial charge in [0.15, 0.2) is 11.6 Å². The first-order valence-electron chi connectivity index (χ1n) is 8.59. The zero-order valence-corrected chi connectivity index (χ0v) is 16.0. The van der Waals surface area contributed by atoms with Gasteiger partial charge in [-0.3, -0.25) is 4.72 Å². The van der Waals surface area contributed by atoms with Gasteiger partial charge in [0, 0.05) is 5.39 Å². The van der Waals surface area contributed by atoms with E-state index < -0.39 is 16.0 Å². The summed E-state index contributed by atoms with van der Waals surface area (Å²) in [6, 6.07) is 17.5. The molecule has 4 aromatic rings. The zero-order valence-electron chi connectivity index (χ0n) is 15.2. The van der Waals surface area contributed by atoms with E-state index in [2.05, 4.69) is 14.8 Å². The molecule has 2 N–H and O–H groups in total. The number of aromatic carboxylic acids is 1. The summed E-state index contributed by atoms with van der Waals surface area (Å²) in [5.74, 6) is -0.907. The Bertz CT molecular complexity index is 1420. The van der Waals surface area contributed by atoms with Crippen molar-refractivity contribution < 1.29 is 18.3 Å². The fourth-order valence-electron chi connectivity index (χ4n) is 2.84. The van der Waals surface area contributed by atoms with Gasteiger partial charge in [-0.2, -0.15) is 15.0 Å². The number of carbonyl (C=O) groups is 1. The van der Waals surface area contributed by atoms with Crippen molar-refractivity contribution in [2.75, 3.05) is 4.72 Å². The average Bonchev–Trinajstić information content (AvgIpc) is 3.15. The van der Waals surface area contributed by atoms with E-state index in [9.17, 15) is 18.5 Å². The summed E-state index contributed by atoms with van der Waals surface area (Å²) in [5, 5.41) is 23.4. The van der Waals surface area contributed by atoms with Crippen LogP contribution >= 0.6 is 0 Å². The molecule has 0 aliphatic carbocycles. The van der Waals surface area contributed by atoms with E-state index in [0.717, 1.165) is 5.39 Å². The van der Waals surface area contributed by atoms with E-state index in [0.29, 0.717) is 11.3 Å². The third-order valence-corrected chi connectivity index (χ3v) is 5.69. The number of nitriles is 1. The fraction of sp³-hybridized carbons (Fsp3) is 0. The average molecular weight is 419 g/mol. The lowest BCUT2D eigenvalue weighted by Gasteiger charge is -2.11. The number of rotatable bonds is 5. The van der Waals surface area contributed by atoms with Crippen LogP contribution in [0.3, 0.4) is 0 Å². The van der Waals surface area contributed by atoms with E-state index in [1.165, 1.54) is 35.1 Å². The number of hydrogen-bond donors (Lipinski definition) is 2. The Morgan fingerprint density at radius 3 is 2.50 bits per heavy atom. The molecule has 4 rings (SSSR count). The van der Waals surface area contributed by atoms with Crippen LogP contribution in [-0.4, -0.2) is 34.3 Å². The lowest BCUT2D eigenvalue weighted by atomic mass is 10.2. The molecule has 30 heavy (non-hydrogen) atoms. The first-order chi connectivity index (χ1) is 14.4. The summed E-state index contributed by atoms with van der Waals surface area (Å²) in [6.07, 6.45) is 1.24. The van der Waals surface area contributed by atoms with Crippen molar-refractivity contribution in [1.29, 1.82) is 5.26 Å². The zero-order chi connectivity index (χ0) is 21.3. The number of sulfonamides is 1. The molecule has 0 saturated heterocycles. The van der Waals surface area contributed by atoms with Gasteiger partial charge in [0.2, 0.25) is 0 Å². The summed E-state index contributed by atoms with van der Waals surface area (Å²) < 4.78 is 29.2. The molecule has 0 aliphatic rings. The first kappa shape index (κ1) is 19.1. The van der Waals surface area contributed by atoms with Gasteiger partial charge in [0.05, 0.1) is 22.2 Å². The van der Waals surface area contributed by atoms with Gasteiger partial charge >= 0.3 is 5.97 Å². The number of benzene rings is 2. The Labute approximate surface area is 170 Å². The second-order valence-corrected chi connectivity index (χ2v) is 7.91. The topological polar surface area (TPSA) is 138 Å². The number of hydrogen-bond acceptors (Lipinski definition) is 6. The summed E-state index contributed by atoms with van der Waals surface area (Å²) >= 11 is 0. The van der Waals surface area contributed by atoms with Gasteiger partial charge in [0.25, 0.3) is 10.0 Å².